The van der Waals surface area contributed by atoms with Crippen LogP contribution >= 0.6 is 0 Å². The Morgan fingerprint density at radius 1 is 1.33 bits per heavy atom. The van der Waals surface area contributed by atoms with E-state index in [2.05, 4.69) is 24.9 Å². The highest BCUT2D eigenvalue weighted by Crippen LogP contribution is 2.44. The average molecular weight is 245 g/mol. The Morgan fingerprint density at radius 2 is 2.06 bits per heavy atom. The molecule has 1 saturated heterocycles. The summed E-state index contributed by atoms with van der Waals surface area (Å²) < 4.78 is 5.74. The van der Waals surface area contributed by atoms with Crippen molar-refractivity contribution in [2.45, 2.75) is 31.8 Å². The van der Waals surface area contributed by atoms with Gasteiger partial charge in [0.1, 0.15) is 5.60 Å². The second-order valence-electron chi connectivity index (χ2n) is 5.42. The van der Waals surface area contributed by atoms with E-state index < -0.39 is 0 Å². The van der Waals surface area contributed by atoms with E-state index in [0.29, 0.717) is 0 Å². The summed E-state index contributed by atoms with van der Waals surface area (Å²) in [6, 6.07) is 6.14. The van der Waals surface area contributed by atoms with Gasteiger partial charge in [0, 0.05) is 31.5 Å². The molecule has 96 valence electrons. The van der Waals surface area contributed by atoms with Crippen LogP contribution in [0.3, 0.4) is 0 Å². The third kappa shape index (κ3) is 1.65. The molecule has 2 heterocycles. The van der Waals surface area contributed by atoms with E-state index in [0.717, 1.165) is 43.5 Å². The molecular weight excluding hydrogens is 226 g/mol. The normalized spacial score (nSPS) is 22.0. The van der Waals surface area contributed by atoms with Crippen molar-refractivity contribution in [1.29, 1.82) is 0 Å². The van der Waals surface area contributed by atoms with Gasteiger partial charge in [0.2, 0.25) is 0 Å². The number of hydrogen-bond donors (Lipinski definition) is 0. The van der Waals surface area contributed by atoms with Crippen LogP contribution in [0.1, 0.15) is 41.3 Å². The molecule has 2 aliphatic heterocycles. The number of likely N-dealkylation sites (tertiary alicyclic amines) is 1. The number of carbonyl (C=O) groups is 1. The Bertz CT molecular complexity index is 487. The maximum atomic E-state index is 12.0. The molecule has 1 fully saturated rings. The van der Waals surface area contributed by atoms with Crippen molar-refractivity contribution in [3.8, 4) is 0 Å². The fourth-order valence-corrected chi connectivity index (χ4v) is 3.00. The van der Waals surface area contributed by atoms with Crippen LogP contribution in [0.4, 0.5) is 0 Å². The monoisotopic (exact) mass is 245 g/mol. The number of fused-ring (bicyclic) bond motifs is 2. The lowest BCUT2D eigenvalue weighted by Gasteiger charge is -2.37. The summed E-state index contributed by atoms with van der Waals surface area (Å²) in [5.41, 5.74) is 2.84. The Kier molecular flexibility index (Phi) is 2.67. The fourth-order valence-electron chi connectivity index (χ4n) is 3.00. The molecule has 2 aliphatic rings. The zero-order valence-corrected chi connectivity index (χ0v) is 11.0. The van der Waals surface area contributed by atoms with Gasteiger partial charge >= 0.3 is 5.97 Å². The molecule has 0 saturated carbocycles. The Balaban J connectivity index is 2.04. The number of piperidine rings is 1. The first-order chi connectivity index (χ1) is 8.64. The fraction of sp³-hybridized carbons (Fsp3) is 0.533. The van der Waals surface area contributed by atoms with Crippen LogP contribution in [0.2, 0.25) is 0 Å². The molecule has 18 heavy (non-hydrogen) atoms. The van der Waals surface area contributed by atoms with Gasteiger partial charge in [-0.2, -0.15) is 0 Å². The molecule has 0 N–H and O–H groups in total. The number of benzene rings is 1. The highest BCUT2D eigenvalue weighted by atomic mass is 16.6. The SMILES string of the molecule is CCc1ccc2c(c1)C1(CCN(C)CC1)OC2=O. The summed E-state index contributed by atoms with van der Waals surface area (Å²) in [5.74, 6) is -0.141. The van der Waals surface area contributed by atoms with Gasteiger partial charge in [0.05, 0.1) is 5.56 Å². The number of esters is 1. The average Bonchev–Trinajstić information content (AvgIpc) is 2.66. The quantitative estimate of drug-likeness (QED) is 0.711. The molecule has 1 spiro atoms. The van der Waals surface area contributed by atoms with Crippen LogP contribution in [0.5, 0.6) is 0 Å². The van der Waals surface area contributed by atoms with Gasteiger partial charge in [-0.1, -0.05) is 19.1 Å². The minimum Gasteiger partial charge on any atom is -0.450 e. The van der Waals surface area contributed by atoms with Gasteiger partial charge < -0.3 is 9.64 Å². The number of aryl methyl sites for hydroxylation is 1. The van der Waals surface area contributed by atoms with Crippen molar-refractivity contribution in [2.75, 3.05) is 20.1 Å². The zero-order chi connectivity index (χ0) is 12.8. The molecule has 1 aromatic carbocycles. The molecule has 3 nitrogen and oxygen atoms in total. The molecule has 0 aromatic heterocycles. The molecule has 1 aromatic rings. The Labute approximate surface area is 108 Å². The second-order valence-corrected chi connectivity index (χ2v) is 5.42. The smallest absolute Gasteiger partial charge is 0.339 e. The number of hydrogen-bond acceptors (Lipinski definition) is 3. The number of nitrogens with zero attached hydrogens (tertiary/aromatic N) is 1. The molecule has 3 heteroatoms. The van der Waals surface area contributed by atoms with E-state index in [9.17, 15) is 4.79 Å². The van der Waals surface area contributed by atoms with E-state index >= 15 is 0 Å². The molecule has 0 radical (unpaired) electrons. The maximum Gasteiger partial charge on any atom is 0.339 e. The lowest BCUT2D eigenvalue weighted by atomic mass is 9.83. The van der Waals surface area contributed by atoms with Crippen LogP contribution in [-0.4, -0.2) is 31.0 Å². The Morgan fingerprint density at radius 3 is 2.72 bits per heavy atom. The second kappa shape index (κ2) is 4.09. The molecule has 0 aliphatic carbocycles. The van der Waals surface area contributed by atoms with Gasteiger partial charge in [-0.15, -0.1) is 0 Å². The summed E-state index contributed by atoms with van der Waals surface area (Å²) in [4.78, 5) is 14.3. The van der Waals surface area contributed by atoms with Crippen molar-refractivity contribution >= 4 is 5.97 Å². The molecule has 0 bridgehead atoms. The summed E-state index contributed by atoms with van der Waals surface area (Å²) in [6.07, 6.45) is 2.82. The van der Waals surface area contributed by atoms with Crippen molar-refractivity contribution < 1.29 is 9.53 Å². The topological polar surface area (TPSA) is 29.5 Å². The molecule has 0 unspecified atom stereocenters. The molecular formula is C15H19NO2. The standard InChI is InChI=1S/C15H19NO2/c1-3-11-4-5-12-13(10-11)15(18-14(12)17)6-8-16(2)9-7-15/h4-5,10H,3,6-9H2,1-2H3. The minimum absolute atomic E-state index is 0.141. The molecule has 3 rings (SSSR count). The highest BCUT2D eigenvalue weighted by molar-refractivity contribution is 5.94. The first-order valence-corrected chi connectivity index (χ1v) is 6.70. The van der Waals surface area contributed by atoms with Crippen molar-refractivity contribution in [3.05, 3.63) is 34.9 Å². The zero-order valence-electron chi connectivity index (χ0n) is 11.0. The third-order valence-corrected chi connectivity index (χ3v) is 4.29. The summed E-state index contributed by atoms with van der Waals surface area (Å²) in [6.45, 7) is 4.12. The predicted octanol–water partition coefficient (Wildman–Crippen LogP) is 2.34. The largest absolute Gasteiger partial charge is 0.450 e. The predicted molar refractivity (Wildman–Crippen MR) is 69.6 cm³/mol. The minimum atomic E-state index is -0.343. The van der Waals surface area contributed by atoms with Crippen LogP contribution in [0.15, 0.2) is 18.2 Å². The maximum absolute atomic E-state index is 12.0. The van der Waals surface area contributed by atoms with Crippen molar-refractivity contribution in [2.24, 2.45) is 0 Å². The van der Waals surface area contributed by atoms with Crippen LogP contribution in [0, 0.1) is 0 Å². The summed E-state index contributed by atoms with van der Waals surface area (Å²) in [7, 11) is 2.12. The van der Waals surface area contributed by atoms with Crippen LogP contribution in [-0.2, 0) is 16.8 Å². The van der Waals surface area contributed by atoms with E-state index in [1.54, 1.807) is 0 Å². The summed E-state index contributed by atoms with van der Waals surface area (Å²) in [5, 5.41) is 0. The third-order valence-electron chi connectivity index (χ3n) is 4.29. The lowest BCUT2D eigenvalue weighted by molar-refractivity contribution is -0.0394. The number of rotatable bonds is 1. The first kappa shape index (κ1) is 11.7. The first-order valence-electron chi connectivity index (χ1n) is 6.70. The van der Waals surface area contributed by atoms with Crippen LogP contribution in [0.25, 0.3) is 0 Å². The highest BCUT2D eigenvalue weighted by Gasteiger charge is 2.46. The number of ether oxygens (including phenoxy) is 1. The van der Waals surface area contributed by atoms with Crippen molar-refractivity contribution in [1.82, 2.24) is 4.90 Å². The van der Waals surface area contributed by atoms with Gasteiger partial charge in [-0.05, 0) is 25.1 Å². The van der Waals surface area contributed by atoms with Gasteiger partial charge in [0.15, 0.2) is 0 Å². The lowest BCUT2D eigenvalue weighted by Crippen LogP contribution is -2.41. The Hall–Kier alpha value is -1.35. The van der Waals surface area contributed by atoms with Crippen molar-refractivity contribution in [3.63, 3.8) is 0 Å². The van der Waals surface area contributed by atoms with E-state index in [1.807, 2.05) is 12.1 Å². The van der Waals surface area contributed by atoms with E-state index in [1.165, 1.54) is 5.56 Å². The van der Waals surface area contributed by atoms with E-state index in [-0.39, 0.29) is 11.6 Å². The molecule has 0 amide bonds. The van der Waals surface area contributed by atoms with Gasteiger partial charge in [-0.25, -0.2) is 4.79 Å². The van der Waals surface area contributed by atoms with E-state index in [4.69, 9.17) is 4.74 Å². The summed E-state index contributed by atoms with van der Waals surface area (Å²) >= 11 is 0. The van der Waals surface area contributed by atoms with Crippen LogP contribution < -0.4 is 0 Å². The van der Waals surface area contributed by atoms with Gasteiger partial charge in [0.25, 0.3) is 0 Å². The number of carbonyl (C=O) groups excluding carboxylic acids is 1. The molecule has 0 atom stereocenters. The van der Waals surface area contributed by atoms with Gasteiger partial charge in [-0.3, -0.25) is 0 Å².